The molecular formula is C11H14. The fraction of sp³-hybridized carbons (Fsp3) is 0.455. The van der Waals surface area contributed by atoms with Crippen LogP contribution in [-0.4, -0.2) is 0 Å². The average molecular weight is 146 g/mol. The van der Waals surface area contributed by atoms with Gasteiger partial charge in [0.1, 0.15) is 0 Å². The fourth-order valence-electron chi connectivity index (χ4n) is 1.02. The first-order valence-corrected chi connectivity index (χ1v) is 4.19. The van der Waals surface area contributed by atoms with Crippen LogP contribution in [0.5, 0.6) is 0 Å². The molecule has 0 aliphatic carbocycles. The van der Waals surface area contributed by atoms with Gasteiger partial charge in [0.05, 0.1) is 0 Å². The molecule has 1 atom stereocenters. The minimum Gasteiger partial charge on any atom is -0.0651 e. The zero-order chi connectivity index (χ0) is 8.10. The smallest absolute Gasteiger partial charge is 0.0149 e. The van der Waals surface area contributed by atoms with Gasteiger partial charge in [0.25, 0.3) is 0 Å². The lowest BCUT2D eigenvalue weighted by Gasteiger charge is -2.06. The maximum absolute atomic E-state index is 3.20. The van der Waals surface area contributed by atoms with Crippen molar-refractivity contribution in [2.24, 2.45) is 5.92 Å². The van der Waals surface area contributed by atoms with Crippen molar-refractivity contribution in [1.82, 2.24) is 0 Å². The number of rotatable bonds is 3. The molecule has 0 amide bonds. The highest BCUT2D eigenvalue weighted by molar-refractivity contribution is 5.12. The molecule has 11 heavy (non-hydrogen) atoms. The molecule has 0 spiro atoms. The minimum absolute atomic E-state index is 0.766. The standard InChI is InChI=1S/C11H14/c1-3-10(2)9-11-7-5-4-6-8-11/h4-5,8,10H,3,9H2,1-2H3. The lowest BCUT2D eigenvalue weighted by atomic mass is 9.99. The van der Waals surface area contributed by atoms with Crippen molar-refractivity contribution in [1.29, 1.82) is 0 Å². The largest absolute Gasteiger partial charge is 0.0651 e. The van der Waals surface area contributed by atoms with E-state index in [1.54, 1.807) is 0 Å². The number of hydrogen-bond acceptors (Lipinski definition) is 0. The van der Waals surface area contributed by atoms with Gasteiger partial charge in [0.15, 0.2) is 0 Å². The second-order valence-electron chi connectivity index (χ2n) is 3.03. The predicted molar refractivity (Wildman–Crippen MR) is 47.3 cm³/mol. The van der Waals surface area contributed by atoms with Crippen molar-refractivity contribution in [3.05, 3.63) is 35.9 Å². The molecule has 58 valence electrons. The summed E-state index contributed by atoms with van der Waals surface area (Å²) in [6.45, 7) is 4.48. The van der Waals surface area contributed by atoms with Gasteiger partial charge < -0.3 is 0 Å². The van der Waals surface area contributed by atoms with E-state index in [1.165, 1.54) is 12.0 Å². The maximum Gasteiger partial charge on any atom is -0.0149 e. The number of benzene rings is 1. The van der Waals surface area contributed by atoms with Gasteiger partial charge in [-0.15, -0.1) is 0 Å². The maximum atomic E-state index is 3.20. The molecule has 0 fully saturated rings. The molecular weight excluding hydrogens is 132 g/mol. The van der Waals surface area contributed by atoms with Crippen molar-refractivity contribution in [3.63, 3.8) is 0 Å². The van der Waals surface area contributed by atoms with Crippen molar-refractivity contribution in [2.45, 2.75) is 26.7 Å². The molecule has 0 aliphatic heterocycles. The second kappa shape index (κ2) is 4.17. The van der Waals surface area contributed by atoms with Crippen LogP contribution in [0.4, 0.5) is 0 Å². The Hall–Kier alpha value is -0.780. The highest BCUT2D eigenvalue weighted by Gasteiger charge is 1.99. The van der Waals surface area contributed by atoms with Crippen LogP contribution < -0.4 is 0 Å². The molecule has 1 rings (SSSR count). The van der Waals surface area contributed by atoms with E-state index in [1.807, 2.05) is 18.2 Å². The van der Waals surface area contributed by atoms with Crippen LogP contribution >= 0.6 is 0 Å². The molecule has 0 aromatic heterocycles. The van der Waals surface area contributed by atoms with E-state index in [-0.39, 0.29) is 0 Å². The Morgan fingerprint density at radius 1 is 1.45 bits per heavy atom. The van der Waals surface area contributed by atoms with Gasteiger partial charge in [0.2, 0.25) is 0 Å². The quantitative estimate of drug-likeness (QED) is 0.615. The van der Waals surface area contributed by atoms with E-state index >= 15 is 0 Å². The Balaban J connectivity index is 2.51. The molecule has 1 aromatic carbocycles. The molecule has 2 radical (unpaired) electrons. The van der Waals surface area contributed by atoms with E-state index in [9.17, 15) is 0 Å². The average Bonchev–Trinajstić information content (AvgIpc) is 2.06. The van der Waals surface area contributed by atoms with Crippen LogP contribution in [0, 0.1) is 18.1 Å². The van der Waals surface area contributed by atoms with Crippen LogP contribution in [0.15, 0.2) is 18.2 Å². The number of hydrogen-bond donors (Lipinski definition) is 0. The van der Waals surface area contributed by atoms with E-state index in [4.69, 9.17) is 0 Å². The normalized spacial score (nSPS) is 12.9. The SMILES string of the molecule is CCC(C)Cc1[c]cc[c]c1. The topological polar surface area (TPSA) is 0 Å². The lowest BCUT2D eigenvalue weighted by Crippen LogP contribution is -1.96. The van der Waals surface area contributed by atoms with E-state index in [2.05, 4.69) is 26.0 Å². The fourth-order valence-corrected chi connectivity index (χ4v) is 1.02. The molecule has 0 N–H and O–H groups in total. The molecule has 0 saturated carbocycles. The van der Waals surface area contributed by atoms with Gasteiger partial charge in [-0.05, 0) is 30.0 Å². The zero-order valence-electron chi connectivity index (χ0n) is 7.22. The molecule has 0 saturated heterocycles. The molecule has 1 aromatic rings. The summed E-state index contributed by atoms with van der Waals surface area (Å²) in [6.07, 6.45) is 2.37. The Bertz CT molecular complexity index is 188. The Morgan fingerprint density at radius 3 is 2.82 bits per heavy atom. The first-order valence-electron chi connectivity index (χ1n) is 4.19. The summed E-state index contributed by atoms with van der Waals surface area (Å²) in [6, 6.07) is 12.1. The third kappa shape index (κ3) is 2.75. The van der Waals surface area contributed by atoms with Gasteiger partial charge in [-0.1, -0.05) is 38.5 Å². The molecule has 0 nitrogen and oxygen atoms in total. The monoisotopic (exact) mass is 146 g/mol. The van der Waals surface area contributed by atoms with Crippen LogP contribution in [0.3, 0.4) is 0 Å². The molecule has 0 heterocycles. The van der Waals surface area contributed by atoms with Gasteiger partial charge in [0, 0.05) is 0 Å². The lowest BCUT2D eigenvalue weighted by molar-refractivity contribution is 0.560. The predicted octanol–water partition coefficient (Wildman–Crippen LogP) is 2.88. The molecule has 0 heteroatoms. The first kappa shape index (κ1) is 8.32. The summed E-state index contributed by atoms with van der Waals surface area (Å²) in [5.74, 6) is 0.766. The molecule has 0 aliphatic rings. The highest BCUT2D eigenvalue weighted by Crippen LogP contribution is 2.09. The Kier molecular flexibility index (Phi) is 3.15. The van der Waals surface area contributed by atoms with Gasteiger partial charge in [-0.25, -0.2) is 0 Å². The summed E-state index contributed by atoms with van der Waals surface area (Å²) in [4.78, 5) is 0. The third-order valence-electron chi connectivity index (χ3n) is 1.97. The minimum atomic E-state index is 0.766. The van der Waals surface area contributed by atoms with Gasteiger partial charge in [-0.2, -0.15) is 0 Å². The summed E-state index contributed by atoms with van der Waals surface area (Å²) in [5.41, 5.74) is 1.28. The second-order valence-corrected chi connectivity index (χ2v) is 3.03. The van der Waals surface area contributed by atoms with Crippen LogP contribution in [0.1, 0.15) is 25.8 Å². The summed E-state index contributed by atoms with van der Waals surface area (Å²) < 4.78 is 0. The van der Waals surface area contributed by atoms with E-state index in [0.717, 1.165) is 12.3 Å². The van der Waals surface area contributed by atoms with Crippen molar-refractivity contribution < 1.29 is 0 Å². The molecule has 0 bridgehead atoms. The third-order valence-corrected chi connectivity index (χ3v) is 1.97. The summed E-state index contributed by atoms with van der Waals surface area (Å²) >= 11 is 0. The summed E-state index contributed by atoms with van der Waals surface area (Å²) in [7, 11) is 0. The van der Waals surface area contributed by atoms with Crippen LogP contribution in [-0.2, 0) is 6.42 Å². The Morgan fingerprint density at radius 2 is 2.27 bits per heavy atom. The van der Waals surface area contributed by atoms with E-state index in [0.29, 0.717) is 0 Å². The summed E-state index contributed by atoms with van der Waals surface area (Å²) in [5, 5.41) is 0. The molecule has 1 unspecified atom stereocenters. The van der Waals surface area contributed by atoms with Gasteiger partial charge in [-0.3, -0.25) is 0 Å². The van der Waals surface area contributed by atoms with Crippen LogP contribution in [0.2, 0.25) is 0 Å². The zero-order valence-corrected chi connectivity index (χ0v) is 7.22. The van der Waals surface area contributed by atoms with Crippen molar-refractivity contribution >= 4 is 0 Å². The van der Waals surface area contributed by atoms with E-state index < -0.39 is 0 Å². The Labute approximate surface area is 69.3 Å². The highest BCUT2D eigenvalue weighted by atomic mass is 14.0. The first-order chi connectivity index (χ1) is 5.33. The van der Waals surface area contributed by atoms with Gasteiger partial charge >= 0.3 is 0 Å². The van der Waals surface area contributed by atoms with Crippen molar-refractivity contribution in [3.8, 4) is 0 Å². The van der Waals surface area contributed by atoms with Crippen LogP contribution in [0.25, 0.3) is 0 Å². The van der Waals surface area contributed by atoms with Crippen molar-refractivity contribution in [2.75, 3.05) is 0 Å².